The van der Waals surface area contributed by atoms with Gasteiger partial charge in [-0.25, -0.2) is 0 Å². The molecular formula is C21H25BrN2O3S. The molecule has 0 saturated carbocycles. The first-order valence-electron chi connectivity index (χ1n) is 9.24. The maximum absolute atomic E-state index is 12.4. The van der Waals surface area contributed by atoms with Gasteiger partial charge in [-0.05, 0) is 90.4 Å². The molecule has 2 aromatic carbocycles. The van der Waals surface area contributed by atoms with Gasteiger partial charge in [-0.1, -0.05) is 13.8 Å². The van der Waals surface area contributed by atoms with Crippen LogP contribution >= 0.6 is 28.1 Å². The van der Waals surface area contributed by atoms with Crippen LogP contribution in [0.5, 0.6) is 11.5 Å². The van der Waals surface area contributed by atoms with E-state index < -0.39 is 0 Å². The average Bonchev–Trinajstić information content (AvgIpc) is 2.68. The minimum atomic E-state index is -0.294. The molecule has 5 nitrogen and oxygen atoms in total. The Labute approximate surface area is 179 Å². The van der Waals surface area contributed by atoms with E-state index in [0.29, 0.717) is 17.9 Å². The van der Waals surface area contributed by atoms with Crippen molar-refractivity contribution in [2.75, 3.05) is 11.9 Å². The Morgan fingerprint density at radius 2 is 1.89 bits per heavy atom. The third-order valence-corrected chi connectivity index (χ3v) is 4.73. The van der Waals surface area contributed by atoms with E-state index in [1.54, 1.807) is 18.2 Å². The minimum Gasteiger partial charge on any atom is -0.492 e. The van der Waals surface area contributed by atoms with Crippen molar-refractivity contribution in [3.8, 4) is 11.5 Å². The predicted molar refractivity (Wildman–Crippen MR) is 120 cm³/mol. The van der Waals surface area contributed by atoms with E-state index in [4.69, 9.17) is 21.7 Å². The lowest BCUT2D eigenvalue weighted by Crippen LogP contribution is -2.34. The summed E-state index contributed by atoms with van der Waals surface area (Å²) in [6.45, 7) is 6.76. The molecule has 0 bridgehead atoms. The molecule has 0 spiro atoms. The smallest absolute Gasteiger partial charge is 0.257 e. The number of halogens is 1. The van der Waals surface area contributed by atoms with Gasteiger partial charge < -0.3 is 14.8 Å². The van der Waals surface area contributed by atoms with Gasteiger partial charge in [0, 0.05) is 11.3 Å². The molecule has 0 aliphatic heterocycles. The van der Waals surface area contributed by atoms with Gasteiger partial charge in [-0.15, -0.1) is 0 Å². The molecule has 2 aromatic rings. The minimum absolute atomic E-state index is 0.164. The summed E-state index contributed by atoms with van der Waals surface area (Å²) in [6.07, 6.45) is 2.02. The van der Waals surface area contributed by atoms with E-state index >= 15 is 0 Å². The first-order valence-corrected chi connectivity index (χ1v) is 10.4. The van der Waals surface area contributed by atoms with E-state index in [2.05, 4.69) is 33.5 Å². The second-order valence-corrected chi connectivity index (χ2v) is 7.53. The number of carbonyl (C=O) groups is 1. The van der Waals surface area contributed by atoms with E-state index in [1.165, 1.54) is 0 Å². The Balaban J connectivity index is 1.91. The van der Waals surface area contributed by atoms with Gasteiger partial charge in [0.1, 0.15) is 11.5 Å². The number of amides is 1. The van der Waals surface area contributed by atoms with Gasteiger partial charge in [0.05, 0.1) is 17.2 Å². The Kier molecular flexibility index (Phi) is 8.73. The highest BCUT2D eigenvalue weighted by atomic mass is 79.9. The Morgan fingerprint density at radius 3 is 2.50 bits per heavy atom. The van der Waals surface area contributed by atoms with Gasteiger partial charge in [-0.3, -0.25) is 10.1 Å². The van der Waals surface area contributed by atoms with Gasteiger partial charge in [-0.2, -0.15) is 0 Å². The standard InChI is InChI=1S/C21H25BrN2O3S/c1-4-12-26-19-11-6-15(13-18(19)22)20(25)24-21(28)23-16-7-9-17(10-8-16)27-14(3)5-2/h6-11,13-14H,4-5,12H2,1-3H3,(H2,23,24,25,28). The molecule has 1 amide bonds. The Bertz CT molecular complexity index is 812. The summed E-state index contributed by atoms with van der Waals surface area (Å²) in [5, 5.41) is 5.90. The summed E-state index contributed by atoms with van der Waals surface area (Å²) in [4.78, 5) is 12.4. The third-order valence-electron chi connectivity index (χ3n) is 3.91. The average molecular weight is 465 g/mol. The summed E-state index contributed by atoms with van der Waals surface area (Å²) in [5.74, 6) is 1.21. The monoisotopic (exact) mass is 464 g/mol. The highest BCUT2D eigenvalue weighted by molar-refractivity contribution is 9.10. The number of benzene rings is 2. The SMILES string of the molecule is CCCOc1ccc(C(=O)NC(=S)Nc2ccc(OC(C)CC)cc2)cc1Br. The van der Waals surface area contributed by atoms with Crippen molar-refractivity contribution in [1.82, 2.24) is 5.32 Å². The quantitative estimate of drug-likeness (QED) is 0.502. The third kappa shape index (κ3) is 6.80. The van der Waals surface area contributed by atoms with Crippen LogP contribution in [0.3, 0.4) is 0 Å². The zero-order chi connectivity index (χ0) is 20.5. The number of carbonyl (C=O) groups excluding carboxylic acids is 1. The number of thiocarbonyl (C=S) groups is 1. The molecule has 0 aromatic heterocycles. The van der Waals surface area contributed by atoms with Gasteiger partial charge >= 0.3 is 0 Å². The van der Waals surface area contributed by atoms with Crippen molar-refractivity contribution in [2.24, 2.45) is 0 Å². The number of hydrogen-bond acceptors (Lipinski definition) is 4. The second kappa shape index (κ2) is 11.0. The zero-order valence-corrected chi connectivity index (χ0v) is 18.7. The zero-order valence-electron chi connectivity index (χ0n) is 16.3. The fourth-order valence-electron chi connectivity index (χ4n) is 2.24. The number of rotatable bonds is 8. The van der Waals surface area contributed by atoms with Crippen molar-refractivity contribution in [3.05, 3.63) is 52.5 Å². The van der Waals surface area contributed by atoms with Crippen LogP contribution < -0.4 is 20.1 Å². The Hall–Kier alpha value is -2.12. The first-order chi connectivity index (χ1) is 13.4. The fourth-order valence-corrected chi connectivity index (χ4v) is 2.95. The molecule has 150 valence electrons. The summed E-state index contributed by atoms with van der Waals surface area (Å²) in [5.41, 5.74) is 1.25. The Morgan fingerprint density at radius 1 is 1.18 bits per heavy atom. The first kappa shape index (κ1) is 22.2. The topological polar surface area (TPSA) is 59.6 Å². The molecule has 7 heteroatoms. The van der Waals surface area contributed by atoms with Crippen molar-refractivity contribution >= 4 is 44.9 Å². The van der Waals surface area contributed by atoms with Crippen LogP contribution in [0.25, 0.3) is 0 Å². The van der Waals surface area contributed by atoms with E-state index in [1.807, 2.05) is 38.1 Å². The predicted octanol–water partition coefficient (Wildman–Crippen LogP) is 5.54. The van der Waals surface area contributed by atoms with Crippen LogP contribution in [0.2, 0.25) is 0 Å². The number of hydrogen-bond donors (Lipinski definition) is 2. The van der Waals surface area contributed by atoms with E-state index in [9.17, 15) is 4.79 Å². The largest absolute Gasteiger partial charge is 0.492 e. The van der Waals surface area contributed by atoms with Crippen molar-refractivity contribution in [3.63, 3.8) is 0 Å². The van der Waals surface area contributed by atoms with Crippen LogP contribution in [0.4, 0.5) is 5.69 Å². The molecule has 0 aliphatic rings. The van der Waals surface area contributed by atoms with Gasteiger partial charge in [0.25, 0.3) is 5.91 Å². The lowest BCUT2D eigenvalue weighted by atomic mass is 10.2. The molecule has 0 saturated heterocycles. The van der Waals surface area contributed by atoms with E-state index in [0.717, 1.165) is 28.8 Å². The fraction of sp³-hybridized carbons (Fsp3) is 0.333. The second-order valence-electron chi connectivity index (χ2n) is 6.26. The van der Waals surface area contributed by atoms with Gasteiger partial charge in [0.2, 0.25) is 0 Å². The molecule has 0 radical (unpaired) electrons. The molecule has 0 fully saturated rings. The number of ether oxygens (including phenoxy) is 2. The van der Waals surface area contributed by atoms with Crippen molar-refractivity contribution < 1.29 is 14.3 Å². The van der Waals surface area contributed by atoms with E-state index in [-0.39, 0.29) is 17.1 Å². The molecule has 0 heterocycles. The lowest BCUT2D eigenvalue weighted by Gasteiger charge is -2.14. The van der Waals surface area contributed by atoms with Crippen LogP contribution in [-0.2, 0) is 0 Å². The highest BCUT2D eigenvalue weighted by Crippen LogP contribution is 2.26. The molecule has 1 unspecified atom stereocenters. The maximum atomic E-state index is 12.4. The molecule has 0 aliphatic carbocycles. The highest BCUT2D eigenvalue weighted by Gasteiger charge is 2.11. The van der Waals surface area contributed by atoms with Crippen LogP contribution in [0, 0.1) is 0 Å². The van der Waals surface area contributed by atoms with Crippen molar-refractivity contribution in [1.29, 1.82) is 0 Å². The molecule has 2 rings (SSSR count). The summed E-state index contributed by atoms with van der Waals surface area (Å²) >= 11 is 8.67. The lowest BCUT2D eigenvalue weighted by molar-refractivity contribution is 0.0977. The molecular weight excluding hydrogens is 440 g/mol. The summed E-state index contributed by atoms with van der Waals surface area (Å²) in [6, 6.07) is 12.6. The molecule has 2 N–H and O–H groups in total. The van der Waals surface area contributed by atoms with Crippen LogP contribution in [-0.4, -0.2) is 23.7 Å². The normalized spacial score (nSPS) is 11.4. The molecule has 28 heavy (non-hydrogen) atoms. The van der Waals surface area contributed by atoms with Crippen LogP contribution in [0.1, 0.15) is 44.0 Å². The number of nitrogens with one attached hydrogen (secondary N) is 2. The van der Waals surface area contributed by atoms with Crippen molar-refractivity contribution in [2.45, 2.75) is 39.7 Å². The van der Waals surface area contributed by atoms with Gasteiger partial charge in [0.15, 0.2) is 5.11 Å². The molecule has 1 atom stereocenters. The number of anilines is 1. The van der Waals surface area contributed by atoms with Crippen LogP contribution in [0.15, 0.2) is 46.9 Å². The summed E-state index contributed by atoms with van der Waals surface area (Å²) in [7, 11) is 0. The maximum Gasteiger partial charge on any atom is 0.257 e. The summed E-state index contributed by atoms with van der Waals surface area (Å²) < 4.78 is 12.1.